The number of aldehydes is 1. The van der Waals surface area contributed by atoms with Gasteiger partial charge in [0, 0.05) is 5.56 Å². The fourth-order valence-corrected chi connectivity index (χ4v) is 1.47. The largest absolute Gasteiger partial charge is 0.298 e. The Kier molecular flexibility index (Phi) is 2.00. The van der Waals surface area contributed by atoms with E-state index in [1.54, 1.807) is 24.3 Å². The van der Waals surface area contributed by atoms with Gasteiger partial charge in [0.1, 0.15) is 6.29 Å². The highest BCUT2D eigenvalue weighted by Gasteiger charge is 1.99. The number of fused-ring (bicyclic) bond motifs is 1. The quantitative estimate of drug-likeness (QED) is 0.634. The number of benzene rings is 2. The van der Waals surface area contributed by atoms with Crippen molar-refractivity contribution in [3.05, 3.63) is 47.5 Å². The number of nitrogens with zero attached hydrogens (tertiary/aromatic N) is 1. The third-order valence-electron chi connectivity index (χ3n) is 2.16. The van der Waals surface area contributed by atoms with Crippen LogP contribution in [0.4, 0.5) is 0 Å². The topological polar surface area (TPSA) is 40.9 Å². The van der Waals surface area contributed by atoms with E-state index in [1.807, 2.05) is 12.1 Å². The van der Waals surface area contributed by atoms with Gasteiger partial charge in [-0.3, -0.25) is 4.79 Å². The van der Waals surface area contributed by atoms with Gasteiger partial charge >= 0.3 is 0 Å². The average Bonchev–Trinajstić information content (AvgIpc) is 2.27. The first kappa shape index (κ1) is 8.46. The molecule has 0 fully saturated rings. The Morgan fingerprint density at radius 3 is 2.79 bits per heavy atom. The normalized spacial score (nSPS) is 9.64. The van der Waals surface area contributed by atoms with Gasteiger partial charge in [-0.25, -0.2) is 0 Å². The van der Waals surface area contributed by atoms with E-state index >= 15 is 0 Å². The molecule has 0 saturated carbocycles. The first-order valence-corrected chi connectivity index (χ1v) is 4.23. The van der Waals surface area contributed by atoms with E-state index in [4.69, 9.17) is 5.26 Å². The van der Waals surface area contributed by atoms with Crippen LogP contribution in [0.15, 0.2) is 36.4 Å². The molecule has 0 aliphatic heterocycles. The molecule has 0 heterocycles. The second-order valence-electron chi connectivity index (χ2n) is 3.02. The number of carbonyl (C=O) groups is 1. The van der Waals surface area contributed by atoms with Crippen molar-refractivity contribution in [3.63, 3.8) is 0 Å². The summed E-state index contributed by atoms with van der Waals surface area (Å²) in [7, 11) is 0. The summed E-state index contributed by atoms with van der Waals surface area (Å²) in [6.07, 6.45) is 0.804. The molecule has 0 bridgehead atoms. The lowest BCUT2D eigenvalue weighted by atomic mass is 10.0. The van der Waals surface area contributed by atoms with Crippen LogP contribution in [0.2, 0.25) is 0 Å². The average molecular weight is 181 g/mol. The third kappa shape index (κ3) is 1.25. The summed E-state index contributed by atoms with van der Waals surface area (Å²) < 4.78 is 0. The Balaban J connectivity index is 2.81. The zero-order chi connectivity index (χ0) is 9.97. The SMILES string of the molecule is N#Cc1cccc2cc(C=O)ccc12. The number of carbonyl (C=O) groups excluding carboxylic acids is 1. The van der Waals surface area contributed by atoms with Crippen LogP contribution >= 0.6 is 0 Å². The summed E-state index contributed by atoms with van der Waals surface area (Å²) in [6, 6.07) is 12.9. The maximum Gasteiger partial charge on any atom is 0.150 e. The van der Waals surface area contributed by atoms with Crippen LogP contribution in [0.1, 0.15) is 15.9 Å². The van der Waals surface area contributed by atoms with Crippen LogP contribution in [-0.2, 0) is 0 Å². The molecule has 0 aliphatic carbocycles. The van der Waals surface area contributed by atoms with Crippen molar-refractivity contribution >= 4 is 17.1 Å². The first-order chi connectivity index (χ1) is 6.85. The molecule has 2 rings (SSSR count). The number of hydrogen-bond donors (Lipinski definition) is 0. The van der Waals surface area contributed by atoms with Gasteiger partial charge in [-0.15, -0.1) is 0 Å². The van der Waals surface area contributed by atoms with E-state index in [0.29, 0.717) is 11.1 Å². The highest BCUT2D eigenvalue weighted by Crippen LogP contribution is 2.18. The minimum atomic E-state index is 0.632. The van der Waals surface area contributed by atoms with Crippen molar-refractivity contribution in [3.8, 4) is 6.07 Å². The van der Waals surface area contributed by atoms with Crippen molar-refractivity contribution in [2.45, 2.75) is 0 Å². The third-order valence-corrected chi connectivity index (χ3v) is 2.16. The Bertz CT molecular complexity index is 538. The molecule has 0 saturated heterocycles. The van der Waals surface area contributed by atoms with Gasteiger partial charge in [-0.1, -0.05) is 24.3 Å². The van der Waals surface area contributed by atoms with Gasteiger partial charge in [-0.05, 0) is 22.9 Å². The lowest BCUT2D eigenvalue weighted by Crippen LogP contribution is -1.82. The van der Waals surface area contributed by atoms with Crippen LogP contribution in [-0.4, -0.2) is 6.29 Å². The summed E-state index contributed by atoms with van der Waals surface area (Å²) in [5.74, 6) is 0. The Morgan fingerprint density at radius 2 is 2.07 bits per heavy atom. The molecule has 2 aromatic rings. The monoisotopic (exact) mass is 181 g/mol. The zero-order valence-corrected chi connectivity index (χ0v) is 7.40. The maximum absolute atomic E-state index is 10.5. The van der Waals surface area contributed by atoms with Crippen molar-refractivity contribution in [1.29, 1.82) is 5.26 Å². The summed E-state index contributed by atoms with van der Waals surface area (Å²) in [6.45, 7) is 0. The summed E-state index contributed by atoms with van der Waals surface area (Å²) in [4.78, 5) is 10.5. The highest BCUT2D eigenvalue weighted by molar-refractivity contribution is 5.92. The zero-order valence-electron chi connectivity index (χ0n) is 7.40. The molecule has 2 aromatic carbocycles. The van der Waals surface area contributed by atoms with Crippen LogP contribution in [0.25, 0.3) is 10.8 Å². The molecule has 0 N–H and O–H groups in total. The summed E-state index contributed by atoms with van der Waals surface area (Å²) >= 11 is 0. The van der Waals surface area contributed by atoms with E-state index in [2.05, 4.69) is 6.07 Å². The standard InChI is InChI=1S/C12H7NO/c13-7-11-3-1-2-10-6-9(8-14)4-5-12(10)11/h1-6,8H. The molecule has 0 amide bonds. The van der Waals surface area contributed by atoms with Crippen LogP contribution < -0.4 is 0 Å². The van der Waals surface area contributed by atoms with Crippen molar-refractivity contribution in [1.82, 2.24) is 0 Å². The lowest BCUT2D eigenvalue weighted by molar-refractivity contribution is 0.112. The molecule has 0 aliphatic rings. The van der Waals surface area contributed by atoms with Crippen molar-refractivity contribution in [2.75, 3.05) is 0 Å². The Morgan fingerprint density at radius 1 is 1.21 bits per heavy atom. The Hall–Kier alpha value is -2.14. The molecule has 2 nitrogen and oxygen atoms in total. The number of nitriles is 1. The van der Waals surface area contributed by atoms with Gasteiger partial charge in [-0.2, -0.15) is 5.26 Å². The fraction of sp³-hybridized carbons (Fsp3) is 0. The molecule has 0 radical (unpaired) electrons. The highest BCUT2D eigenvalue weighted by atomic mass is 16.1. The van der Waals surface area contributed by atoms with Crippen molar-refractivity contribution < 1.29 is 4.79 Å². The van der Waals surface area contributed by atoms with Gasteiger partial charge in [0.25, 0.3) is 0 Å². The number of rotatable bonds is 1. The summed E-state index contributed by atoms with van der Waals surface area (Å²) in [5, 5.41) is 10.7. The van der Waals surface area contributed by atoms with Crippen LogP contribution in [0, 0.1) is 11.3 Å². The lowest BCUT2D eigenvalue weighted by Gasteiger charge is -1.99. The summed E-state index contributed by atoms with van der Waals surface area (Å²) in [5.41, 5.74) is 1.27. The van der Waals surface area contributed by atoms with Crippen molar-refractivity contribution in [2.24, 2.45) is 0 Å². The molecule has 0 spiro atoms. The molecular formula is C12H7NO. The molecule has 0 aromatic heterocycles. The van der Waals surface area contributed by atoms with E-state index in [0.717, 1.165) is 17.1 Å². The molecule has 0 atom stereocenters. The van der Waals surface area contributed by atoms with Gasteiger partial charge in [0.05, 0.1) is 11.6 Å². The Labute approximate surface area is 81.4 Å². The predicted molar refractivity (Wildman–Crippen MR) is 54.1 cm³/mol. The molecule has 2 heteroatoms. The number of hydrogen-bond acceptors (Lipinski definition) is 2. The maximum atomic E-state index is 10.5. The smallest absolute Gasteiger partial charge is 0.150 e. The second kappa shape index (κ2) is 3.31. The van der Waals surface area contributed by atoms with Crippen LogP contribution in [0.5, 0.6) is 0 Å². The predicted octanol–water partition coefficient (Wildman–Crippen LogP) is 2.52. The van der Waals surface area contributed by atoms with E-state index in [-0.39, 0.29) is 0 Å². The van der Waals surface area contributed by atoms with Gasteiger partial charge in [0.15, 0.2) is 0 Å². The van der Waals surface area contributed by atoms with Gasteiger partial charge < -0.3 is 0 Å². The molecule has 14 heavy (non-hydrogen) atoms. The van der Waals surface area contributed by atoms with Crippen LogP contribution in [0.3, 0.4) is 0 Å². The molecular weight excluding hydrogens is 174 g/mol. The van der Waals surface area contributed by atoms with E-state index in [9.17, 15) is 4.79 Å². The van der Waals surface area contributed by atoms with Gasteiger partial charge in [0.2, 0.25) is 0 Å². The fourth-order valence-electron chi connectivity index (χ4n) is 1.47. The minimum Gasteiger partial charge on any atom is -0.298 e. The van der Waals surface area contributed by atoms with E-state index in [1.165, 1.54) is 0 Å². The molecule has 66 valence electrons. The second-order valence-corrected chi connectivity index (χ2v) is 3.02. The van der Waals surface area contributed by atoms with E-state index < -0.39 is 0 Å². The first-order valence-electron chi connectivity index (χ1n) is 4.23. The minimum absolute atomic E-state index is 0.632. The molecule has 0 unspecified atom stereocenters.